The number of rotatable bonds is 4. The summed E-state index contributed by atoms with van der Waals surface area (Å²) in [4.78, 5) is 17.1. The minimum Gasteiger partial charge on any atom is -0.322 e. The Morgan fingerprint density at radius 2 is 2.05 bits per heavy atom. The van der Waals surface area contributed by atoms with Gasteiger partial charge in [-0.1, -0.05) is 27.5 Å². The third kappa shape index (κ3) is 4.23. The fraction of sp³-hybridized carbons (Fsp3) is 0.143. The first-order chi connectivity index (χ1) is 9.56. The van der Waals surface area contributed by atoms with Crippen molar-refractivity contribution in [1.82, 2.24) is 4.98 Å². The standard InChI is InChI=1S/C14H12BrClN2OS/c1-9(20-11-6-4-10(15)5-7-11)14(19)18-12-3-2-8-17-13(12)16/h2-9H,1H3,(H,18,19)/t9-/m1/s1. The summed E-state index contributed by atoms with van der Waals surface area (Å²) in [6.07, 6.45) is 1.58. The molecule has 0 saturated heterocycles. The maximum absolute atomic E-state index is 12.1. The van der Waals surface area contributed by atoms with Gasteiger partial charge in [-0.2, -0.15) is 0 Å². The SMILES string of the molecule is C[C@@H](Sc1ccc(Br)cc1)C(=O)Nc1cccnc1Cl. The number of pyridine rings is 1. The van der Waals surface area contributed by atoms with Crippen LogP contribution in [-0.2, 0) is 4.79 Å². The third-order valence-corrected chi connectivity index (χ3v) is 4.45. The number of hydrogen-bond acceptors (Lipinski definition) is 3. The Balaban J connectivity index is 1.99. The van der Waals surface area contributed by atoms with Gasteiger partial charge in [0.05, 0.1) is 10.9 Å². The van der Waals surface area contributed by atoms with Crippen molar-refractivity contribution in [3.8, 4) is 0 Å². The van der Waals surface area contributed by atoms with Crippen LogP contribution in [0, 0.1) is 0 Å². The largest absolute Gasteiger partial charge is 0.322 e. The van der Waals surface area contributed by atoms with Gasteiger partial charge in [-0.15, -0.1) is 11.8 Å². The summed E-state index contributed by atoms with van der Waals surface area (Å²) < 4.78 is 1.01. The number of halogens is 2. The number of anilines is 1. The highest BCUT2D eigenvalue weighted by molar-refractivity contribution is 9.10. The van der Waals surface area contributed by atoms with Crippen molar-refractivity contribution in [3.05, 3.63) is 52.2 Å². The molecule has 6 heteroatoms. The maximum Gasteiger partial charge on any atom is 0.237 e. The van der Waals surface area contributed by atoms with Gasteiger partial charge >= 0.3 is 0 Å². The summed E-state index contributed by atoms with van der Waals surface area (Å²) in [5.74, 6) is -0.104. The fourth-order valence-electron chi connectivity index (χ4n) is 1.48. The van der Waals surface area contributed by atoms with Crippen molar-refractivity contribution in [2.75, 3.05) is 5.32 Å². The predicted octanol–water partition coefficient (Wildman–Crippen LogP) is 4.62. The molecule has 0 unspecified atom stereocenters. The molecule has 0 fully saturated rings. The first-order valence-corrected chi connectivity index (χ1v) is 7.95. The molecular formula is C14H12BrClN2OS. The molecule has 2 aromatic rings. The summed E-state index contributed by atoms with van der Waals surface area (Å²) in [6, 6.07) is 11.3. The van der Waals surface area contributed by atoms with E-state index in [1.165, 1.54) is 11.8 Å². The molecule has 2 rings (SSSR count). The van der Waals surface area contributed by atoms with Gasteiger partial charge < -0.3 is 5.32 Å². The van der Waals surface area contributed by atoms with Crippen LogP contribution in [0.1, 0.15) is 6.92 Å². The zero-order chi connectivity index (χ0) is 14.5. The first-order valence-electron chi connectivity index (χ1n) is 5.90. The van der Waals surface area contributed by atoms with E-state index in [2.05, 4.69) is 26.2 Å². The van der Waals surface area contributed by atoms with Gasteiger partial charge in [0.2, 0.25) is 5.91 Å². The minimum atomic E-state index is -0.229. The van der Waals surface area contributed by atoms with Crippen LogP contribution in [0.2, 0.25) is 5.15 Å². The smallest absolute Gasteiger partial charge is 0.237 e. The second-order valence-electron chi connectivity index (χ2n) is 4.05. The average Bonchev–Trinajstić information content (AvgIpc) is 2.44. The molecule has 0 radical (unpaired) electrons. The molecule has 3 nitrogen and oxygen atoms in total. The zero-order valence-electron chi connectivity index (χ0n) is 10.6. The topological polar surface area (TPSA) is 42.0 Å². The molecule has 104 valence electrons. The quantitative estimate of drug-likeness (QED) is 0.630. The maximum atomic E-state index is 12.1. The van der Waals surface area contributed by atoms with Gasteiger partial charge in [0.15, 0.2) is 5.15 Å². The summed E-state index contributed by atoms with van der Waals surface area (Å²) in [6.45, 7) is 1.85. The van der Waals surface area contributed by atoms with Crippen molar-refractivity contribution in [2.45, 2.75) is 17.1 Å². The molecule has 1 aromatic carbocycles. The van der Waals surface area contributed by atoms with Crippen molar-refractivity contribution < 1.29 is 4.79 Å². The predicted molar refractivity (Wildman–Crippen MR) is 87.3 cm³/mol. The van der Waals surface area contributed by atoms with Crippen molar-refractivity contribution >= 4 is 50.9 Å². The number of amides is 1. The summed E-state index contributed by atoms with van der Waals surface area (Å²) in [5.41, 5.74) is 0.530. The Labute approximate surface area is 135 Å². The van der Waals surface area contributed by atoms with Gasteiger partial charge in [-0.3, -0.25) is 4.79 Å². The summed E-state index contributed by atoms with van der Waals surface area (Å²) in [5, 5.41) is 2.84. The second-order valence-corrected chi connectivity index (χ2v) is 6.73. The number of thioether (sulfide) groups is 1. The molecule has 1 atom stereocenters. The summed E-state index contributed by atoms with van der Waals surface area (Å²) in [7, 11) is 0. The van der Waals surface area contributed by atoms with E-state index in [1.807, 2.05) is 31.2 Å². The van der Waals surface area contributed by atoms with Gasteiger partial charge in [-0.05, 0) is 43.3 Å². The molecule has 1 heterocycles. The van der Waals surface area contributed by atoms with Crippen LogP contribution in [0.3, 0.4) is 0 Å². The van der Waals surface area contributed by atoms with Crippen LogP contribution in [-0.4, -0.2) is 16.1 Å². The average molecular weight is 372 g/mol. The van der Waals surface area contributed by atoms with Crippen molar-refractivity contribution in [3.63, 3.8) is 0 Å². The highest BCUT2D eigenvalue weighted by Gasteiger charge is 2.15. The molecule has 1 N–H and O–H groups in total. The lowest BCUT2D eigenvalue weighted by Gasteiger charge is -2.12. The molecule has 0 aliphatic carbocycles. The van der Waals surface area contributed by atoms with E-state index in [9.17, 15) is 4.79 Å². The van der Waals surface area contributed by atoms with Crippen LogP contribution in [0.15, 0.2) is 52.0 Å². The lowest BCUT2D eigenvalue weighted by Crippen LogP contribution is -2.22. The fourth-order valence-corrected chi connectivity index (χ4v) is 2.78. The van der Waals surface area contributed by atoms with Gasteiger partial charge in [0.25, 0.3) is 0 Å². The number of hydrogen-bond donors (Lipinski definition) is 1. The van der Waals surface area contributed by atoms with Gasteiger partial charge in [0, 0.05) is 15.6 Å². The van der Waals surface area contributed by atoms with E-state index in [1.54, 1.807) is 18.3 Å². The number of carbonyl (C=O) groups is 1. The van der Waals surface area contributed by atoms with Crippen LogP contribution in [0.25, 0.3) is 0 Å². The van der Waals surface area contributed by atoms with E-state index in [-0.39, 0.29) is 11.2 Å². The molecule has 1 amide bonds. The van der Waals surface area contributed by atoms with Gasteiger partial charge in [-0.25, -0.2) is 4.98 Å². The van der Waals surface area contributed by atoms with Crippen LogP contribution >= 0.6 is 39.3 Å². The highest BCUT2D eigenvalue weighted by atomic mass is 79.9. The molecular weight excluding hydrogens is 360 g/mol. The summed E-state index contributed by atoms with van der Waals surface area (Å²) >= 11 is 10.8. The number of nitrogens with zero attached hydrogens (tertiary/aromatic N) is 1. The monoisotopic (exact) mass is 370 g/mol. The van der Waals surface area contributed by atoms with Crippen molar-refractivity contribution in [2.24, 2.45) is 0 Å². The highest BCUT2D eigenvalue weighted by Crippen LogP contribution is 2.26. The molecule has 0 spiro atoms. The lowest BCUT2D eigenvalue weighted by atomic mass is 10.4. The Hall–Kier alpha value is -1.04. The van der Waals surface area contributed by atoms with E-state index in [0.29, 0.717) is 10.8 Å². The minimum absolute atomic E-state index is 0.104. The second kappa shape index (κ2) is 7.11. The number of aromatic nitrogens is 1. The van der Waals surface area contributed by atoms with E-state index in [0.717, 1.165) is 9.37 Å². The Morgan fingerprint density at radius 1 is 1.35 bits per heavy atom. The van der Waals surface area contributed by atoms with E-state index in [4.69, 9.17) is 11.6 Å². The number of carbonyl (C=O) groups excluding carboxylic acids is 1. The lowest BCUT2D eigenvalue weighted by molar-refractivity contribution is -0.115. The van der Waals surface area contributed by atoms with Gasteiger partial charge in [0.1, 0.15) is 0 Å². The van der Waals surface area contributed by atoms with E-state index < -0.39 is 0 Å². The molecule has 0 aliphatic rings. The van der Waals surface area contributed by atoms with Crippen molar-refractivity contribution in [1.29, 1.82) is 0 Å². The normalized spacial score (nSPS) is 11.9. The number of benzene rings is 1. The Bertz CT molecular complexity index is 606. The zero-order valence-corrected chi connectivity index (χ0v) is 13.8. The third-order valence-electron chi connectivity index (χ3n) is 2.51. The number of nitrogens with one attached hydrogen (secondary N) is 1. The molecule has 0 bridgehead atoms. The molecule has 20 heavy (non-hydrogen) atoms. The Morgan fingerprint density at radius 3 is 2.70 bits per heavy atom. The van der Waals surface area contributed by atoms with E-state index >= 15 is 0 Å². The molecule has 0 aliphatic heterocycles. The first kappa shape index (κ1) is 15.4. The molecule has 0 saturated carbocycles. The van der Waals surface area contributed by atoms with Crippen LogP contribution < -0.4 is 5.32 Å². The molecule has 1 aromatic heterocycles. The van der Waals surface area contributed by atoms with Crippen LogP contribution in [0.5, 0.6) is 0 Å². The Kier molecular flexibility index (Phi) is 5.46. The van der Waals surface area contributed by atoms with Crippen LogP contribution in [0.4, 0.5) is 5.69 Å².